The monoisotopic (exact) mass is 238 g/mol. The lowest BCUT2D eigenvalue weighted by Gasteiger charge is -2.08. The van der Waals surface area contributed by atoms with E-state index < -0.39 is 12.0 Å². The highest BCUT2D eigenvalue weighted by molar-refractivity contribution is 6.32. The van der Waals surface area contributed by atoms with Crippen LogP contribution in [0, 0.1) is 0 Å². The van der Waals surface area contributed by atoms with Gasteiger partial charge in [0.1, 0.15) is 6.04 Å². The zero-order valence-corrected chi connectivity index (χ0v) is 9.16. The molecule has 1 heterocycles. The highest BCUT2D eigenvalue weighted by Gasteiger charge is 2.14. The first-order valence-electron chi connectivity index (χ1n) is 4.82. The van der Waals surface area contributed by atoms with Crippen LogP contribution >= 0.6 is 11.6 Å². The van der Waals surface area contributed by atoms with E-state index in [1.54, 1.807) is 6.07 Å². The van der Waals surface area contributed by atoms with Crippen molar-refractivity contribution in [2.45, 2.75) is 12.5 Å². The van der Waals surface area contributed by atoms with Crippen LogP contribution in [0.5, 0.6) is 0 Å². The van der Waals surface area contributed by atoms with Gasteiger partial charge in [-0.15, -0.1) is 0 Å². The van der Waals surface area contributed by atoms with Crippen molar-refractivity contribution in [2.75, 3.05) is 0 Å². The van der Waals surface area contributed by atoms with E-state index in [0.717, 1.165) is 16.5 Å². The number of hydrogen-bond donors (Lipinski definition) is 3. The van der Waals surface area contributed by atoms with Gasteiger partial charge in [-0.3, -0.25) is 4.79 Å². The second-order valence-corrected chi connectivity index (χ2v) is 4.06. The van der Waals surface area contributed by atoms with Gasteiger partial charge in [0.25, 0.3) is 0 Å². The first-order valence-corrected chi connectivity index (χ1v) is 5.19. The number of fused-ring (bicyclic) bond motifs is 1. The summed E-state index contributed by atoms with van der Waals surface area (Å²) in [5.74, 6) is -1.03. The summed E-state index contributed by atoms with van der Waals surface area (Å²) in [4.78, 5) is 13.7. The lowest BCUT2D eigenvalue weighted by molar-refractivity contribution is -0.138. The molecule has 16 heavy (non-hydrogen) atoms. The number of aromatic nitrogens is 1. The standard InChI is InChI=1S/C11H11ClN2O2/c12-8-3-6-1-2-14-10(6)5-7(8)4-9(13)11(15)16/h1-3,5,9,14H,4,13H2,(H,15,16). The Hall–Kier alpha value is -1.52. The average molecular weight is 239 g/mol. The average Bonchev–Trinajstić information content (AvgIpc) is 2.65. The molecule has 0 saturated heterocycles. The molecule has 4 nitrogen and oxygen atoms in total. The summed E-state index contributed by atoms with van der Waals surface area (Å²) in [6.07, 6.45) is 2.03. The fourth-order valence-electron chi connectivity index (χ4n) is 1.60. The Balaban J connectivity index is 2.36. The fraction of sp³-hybridized carbons (Fsp3) is 0.182. The van der Waals surface area contributed by atoms with Crippen molar-refractivity contribution in [3.8, 4) is 0 Å². The van der Waals surface area contributed by atoms with Crippen molar-refractivity contribution in [2.24, 2.45) is 5.73 Å². The highest BCUT2D eigenvalue weighted by Crippen LogP contribution is 2.24. The Morgan fingerprint density at radius 3 is 3.00 bits per heavy atom. The van der Waals surface area contributed by atoms with Gasteiger partial charge in [0.05, 0.1) is 0 Å². The summed E-state index contributed by atoms with van der Waals surface area (Å²) < 4.78 is 0. The van der Waals surface area contributed by atoms with Crippen LogP contribution in [0.15, 0.2) is 24.4 Å². The van der Waals surface area contributed by atoms with Crippen LogP contribution < -0.4 is 5.73 Å². The van der Waals surface area contributed by atoms with Crippen LogP contribution in [0.25, 0.3) is 10.9 Å². The molecule has 84 valence electrons. The molecule has 0 bridgehead atoms. The zero-order valence-electron chi connectivity index (χ0n) is 8.40. The second-order valence-electron chi connectivity index (χ2n) is 3.66. The lowest BCUT2D eigenvalue weighted by atomic mass is 10.1. The quantitative estimate of drug-likeness (QED) is 0.763. The minimum atomic E-state index is -1.03. The number of carboxylic acids is 1. The van der Waals surface area contributed by atoms with Gasteiger partial charge < -0.3 is 15.8 Å². The van der Waals surface area contributed by atoms with E-state index in [-0.39, 0.29) is 6.42 Å². The minimum Gasteiger partial charge on any atom is -0.480 e. The third-order valence-electron chi connectivity index (χ3n) is 2.48. The first kappa shape index (κ1) is 11.0. The Bertz CT molecular complexity index is 536. The third-order valence-corrected chi connectivity index (χ3v) is 2.83. The molecule has 1 unspecified atom stereocenters. The molecule has 0 spiro atoms. The number of halogens is 1. The second kappa shape index (κ2) is 4.15. The highest BCUT2D eigenvalue weighted by atomic mass is 35.5. The number of aromatic amines is 1. The van der Waals surface area contributed by atoms with Crippen molar-refractivity contribution < 1.29 is 9.90 Å². The Kier molecular flexibility index (Phi) is 2.85. The fourth-order valence-corrected chi connectivity index (χ4v) is 1.85. The summed E-state index contributed by atoms with van der Waals surface area (Å²) in [6, 6.07) is 4.62. The Labute approximate surface area is 97.0 Å². The number of rotatable bonds is 3. The molecule has 5 heteroatoms. The van der Waals surface area contributed by atoms with E-state index in [9.17, 15) is 4.79 Å². The molecule has 1 atom stereocenters. The maximum Gasteiger partial charge on any atom is 0.320 e. The molecule has 0 aliphatic carbocycles. The molecule has 0 amide bonds. The Morgan fingerprint density at radius 2 is 2.31 bits per heavy atom. The third kappa shape index (κ3) is 2.03. The number of hydrogen-bond acceptors (Lipinski definition) is 2. The number of aliphatic carboxylic acids is 1. The summed E-state index contributed by atoms with van der Waals surface area (Å²) in [7, 11) is 0. The molecule has 1 aromatic carbocycles. The largest absolute Gasteiger partial charge is 0.480 e. The van der Waals surface area contributed by atoms with Crippen LogP contribution in [-0.4, -0.2) is 22.1 Å². The molecule has 4 N–H and O–H groups in total. The van der Waals surface area contributed by atoms with Gasteiger partial charge >= 0.3 is 5.97 Å². The maximum atomic E-state index is 10.7. The molecular formula is C11H11ClN2O2. The number of carbonyl (C=O) groups is 1. The first-order chi connectivity index (χ1) is 7.58. The summed E-state index contributed by atoms with van der Waals surface area (Å²) in [5, 5.41) is 10.3. The number of benzene rings is 1. The number of carboxylic acid groups (broad SMARTS) is 1. The van der Waals surface area contributed by atoms with Crippen molar-refractivity contribution in [1.82, 2.24) is 4.98 Å². The SMILES string of the molecule is NC(Cc1cc2[nH]ccc2cc1Cl)C(=O)O. The van der Waals surface area contributed by atoms with E-state index in [0.29, 0.717) is 5.02 Å². The van der Waals surface area contributed by atoms with E-state index in [2.05, 4.69) is 4.98 Å². The molecular weight excluding hydrogens is 228 g/mol. The van der Waals surface area contributed by atoms with Gasteiger partial charge in [0.2, 0.25) is 0 Å². The molecule has 2 rings (SSSR count). The van der Waals surface area contributed by atoms with Crippen LogP contribution in [0.3, 0.4) is 0 Å². The van der Waals surface area contributed by atoms with Crippen molar-refractivity contribution in [3.63, 3.8) is 0 Å². The normalized spacial score (nSPS) is 12.9. The Morgan fingerprint density at radius 1 is 1.56 bits per heavy atom. The summed E-state index contributed by atoms with van der Waals surface area (Å²) in [6.45, 7) is 0. The van der Waals surface area contributed by atoms with Crippen molar-refractivity contribution in [1.29, 1.82) is 0 Å². The van der Waals surface area contributed by atoms with Crippen LogP contribution in [0.2, 0.25) is 5.02 Å². The van der Waals surface area contributed by atoms with Gasteiger partial charge in [-0.25, -0.2) is 0 Å². The van der Waals surface area contributed by atoms with E-state index in [1.807, 2.05) is 18.3 Å². The van der Waals surface area contributed by atoms with Crippen LogP contribution in [-0.2, 0) is 11.2 Å². The van der Waals surface area contributed by atoms with Gasteiger partial charge in [0, 0.05) is 22.1 Å². The van der Waals surface area contributed by atoms with Crippen LogP contribution in [0.4, 0.5) is 0 Å². The van der Waals surface area contributed by atoms with Gasteiger partial charge in [-0.05, 0) is 30.2 Å². The zero-order chi connectivity index (χ0) is 11.7. The summed E-state index contributed by atoms with van der Waals surface area (Å²) >= 11 is 6.05. The lowest BCUT2D eigenvalue weighted by Crippen LogP contribution is -2.32. The molecule has 0 aliphatic heterocycles. The number of nitrogens with two attached hydrogens (primary N) is 1. The minimum absolute atomic E-state index is 0.225. The molecule has 2 aromatic rings. The van der Waals surface area contributed by atoms with E-state index >= 15 is 0 Å². The van der Waals surface area contributed by atoms with Crippen LogP contribution in [0.1, 0.15) is 5.56 Å². The summed E-state index contributed by atoms with van der Waals surface area (Å²) in [5.41, 5.74) is 7.14. The number of nitrogens with one attached hydrogen (secondary N) is 1. The van der Waals surface area contributed by atoms with Gasteiger partial charge in [-0.1, -0.05) is 11.6 Å². The smallest absolute Gasteiger partial charge is 0.320 e. The molecule has 0 radical (unpaired) electrons. The predicted molar refractivity (Wildman–Crippen MR) is 62.6 cm³/mol. The molecule has 0 saturated carbocycles. The van der Waals surface area contributed by atoms with Gasteiger partial charge in [-0.2, -0.15) is 0 Å². The molecule has 0 fully saturated rings. The van der Waals surface area contributed by atoms with E-state index in [4.69, 9.17) is 22.4 Å². The maximum absolute atomic E-state index is 10.7. The molecule has 1 aromatic heterocycles. The number of H-pyrrole nitrogens is 1. The topological polar surface area (TPSA) is 79.1 Å². The molecule has 0 aliphatic rings. The van der Waals surface area contributed by atoms with Gasteiger partial charge in [0.15, 0.2) is 0 Å². The van der Waals surface area contributed by atoms with E-state index in [1.165, 1.54) is 0 Å². The van der Waals surface area contributed by atoms with Crippen molar-refractivity contribution >= 4 is 28.5 Å². The van der Waals surface area contributed by atoms with Crippen molar-refractivity contribution in [3.05, 3.63) is 35.0 Å². The predicted octanol–water partition coefficient (Wildman–Crippen LogP) is 1.78.